The Labute approximate surface area is 110 Å². The lowest BCUT2D eigenvalue weighted by Gasteiger charge is -2.19. The quantitative estimate of drug-likeness (QED) is 0.842. The summed E-state index contributed by atoms with van der Waals surface area (Å²) >= 11 is 0. The molecule has 0 aliphatic carbocycles. The zero-order chi connectivity index (χ0) is 13.0. The smallest absolute Gasteiger partial charge is 0.0948 e. The highest BCUT2D eigenvalue weighted by atomic mass is 16.5. The summed E-state index contributed by atoms with van der Waals surface area (Å²) in [7, 11) is 0. The third-order valence-electron chi connectivity index (χ3n) is 3.67. The molecule has 0 bridgehead atoms. The maximum absolute atomic E-state index is 5.75. The third kappa shape index (κ3) is 3.33. The number of nitrogens with one attached hydrogen (secondary N) is 1. The average Bonchev–Trinajstić information content (AvgIpc) is 2.96. The molecule has 102 valence electrons. The molecule has 2 unspecified atom stereocenters. The van der Waals surface area contributed by atoms with Gasteiger partial charge in [0.1, 0.15) is 0 Å². The minimum absolute atomic E-state index is 0.429. The van der Waals surface area contributed by atoms with Crippen LogP contribution in [-0.4, -0.2) is 28.3 Å². The molecule has 1 N–H and O–H groups in total. The second-order valence-corrected chi connectivity index (χ2v) is 5.44. The van der Waals surface area contributed by atoms with Crippen LogP contribution in [0.5, 0.6) is 0 Å². The van der Waals surface area contributed by atoms with E-state index in [1.54, 1.807) is 0 Å². The molecule has 0 radical (unpaired) electrons. The molecule has 1 aliphatic heterocycles. The Bertz CT molecular complexity index is 362. The van der Waals surface area contributed by atoms with Gasteiger partial charge in [-0.1, -0.05) is 20.8 Å². The van der Waals surface area contributed by atoms with Crippen molar-refractivity contribution >= 4 is 0 Å². The molecule has 0 saturated carbocycles. The van der Waals surface area contributed by atoms with Gasteiger partial charge in [0.15, 0.2) is 0 Å². The SMILES string of the molecule is CCC1OCCC1Cn1cncc1CNC(C)C. The van der Waals surface area contributed by atoms with Crippen LogP contribution in [-0.2, 0) is 17.8 Å². The number of aromatic nitrogens is 2. The summed E-state index contributed by atoms with van der Waals surface area (Å²) in [5.41, 5.74) is 1.27. The zero-order valence-corrected chi connectivity index (χ0v) is 11.7. The molecule has 2 heterocycles. The molecular formula is C14H25N3O. The topological polar surface area (TPSA) is 39.1 Å². The molecule has 1 saturated heterocycles. The van der Waals surface area contributed by atoms with Gasteiger partial charge < -0.3 is 14.6 Å². The van der Waals surface area contributed by atoms with E-state index in [2.05, 4.69) is 35.6 Å². The second-order valence-electron chi connectivity index (χ2n) is 5.44. The molecular weight excluding hydrogens is 226 g/mol. The molecule has 18 heavy (non-hydrogen) atoms. The fraction of sp³-hybridized carbons (Fsp3) is 0.786. The Morgan fingerprint density at radius 1 is 1.56 bits per heavy atom. The maximum atomic E-state index is 5.75. The number of imidazole rings is 1. The first-order valence-corrected chi connectivity index (χ1v) is 7.04. The molecule has 4 heteroatoms. The standard InChI is InChI=1S/C14H25N3O/c1-4-14-12(5-6-18-14)9-17-10-15-7-13(17)8-16-11(2)3/h7,10-12,14,16H,4-6,8-9H2,1-3H3. The van der Waals surface area contributed by atoms with Crippen molar-refractivity contribution in [2.45, 2.75) is 58.8 Å². The molecule has 2 rings (SSSR count). The molecule has 1 aliphatic rings. The van der Waals surface area contributed by atoms with Gasteiger partial charge in [0.2, 0.25) is 0 Å². The molecule has 1 fully saturated rings. The molecule has 1 aromatic rings. The van der Waals surface area contributed by atoms with Crippen LogP contribution in [0.2, 0.25) is 0 Å². The summed E-state index contributed by atoms with van der Waals surface area (Å²) in [5.74, 6) is 0.641. The van der Waals surface area contributed by atoms with Crippen molar-refractivity contribution in [3.8, 4) is 0 Å². The predicted molar refractivity (Wildman–Crippen MR) is 72.3 cm³/mol. The van der Waals surface area contributed by atoms with Crippen LogP contribution < -0.4 is 5.32 Å². The van der Waals surface area contributed by atoms with Crippen LogP contribution in [0.1, 0.15) is 39.3 Å². The average molecular weight is 251 g/mol. The van der Waals surface area contributed by atoms with Crippen LogP contribution in [0.3, 0.4) is 0 Å². The van der Waals surface area contributed by atoms with E-state index in [1.807, 2.05) is 12.5 Å². The van der Waals surface area contributed by atoms with Crippen LogP contribution >= 0.6 is 0 Å². The predicted octanol–water partition coefficient (Wildman–Crippen LogP) is 2.20. The summed E-state index contributed by atoms with van der Waals surface area (Å²) < 4.78 is 8.03. The number of nitrogens with zero attached hydrogens (tertiary/aromatic N) is 2. The third-order valence-corrected chi connectivity index (χ3v) is 3.67. The van der Waals surface area contributed by atoms with E-state index in [9.17, 15) is 0 Å². The molecule has 4 nitrogen and oxygen atoms in total. The molecule has 0 aromatic carbocycles. The molecule has 2 atom stereocenters. The van der Waals surface area contributed by atoms with E-state index >= 15 is 0 Å². The highest BCUT2D eigenvalue weighted by Gasteiger charge is 2.27. The first kappa shape index (κ1) is 13.6. The van der Waals surface area contributed by atoms with Gasteiger partial charge in [0, 0.05) is 37.9 Å². The van der Waals surface area contributed by atoms with Gasteiger partial charge >= 0.3 is 0 Å². The van der Waals surface area contributed by atoms with Crippen LogP contribution in [0.4, 0.5) is 0 Å². The van der Waals surface area contributed by atoms with Crippen molar-refractivity contribution in [3.05, 3.63) is 18.2 Å². The van der Waals surface area contributed by atoms with Crippen LogP contribution in [0.25, 0.3) is 0 Å². The van der Waals surface area contributed by atoms with Gasteiger partial charge in [0.05, 0.1) is 18.1 Å². The van der Waals surface area contributed by atoms with Crippen molar-refractivity contribution < 1.29 is 4.74 Å². The van der Waals surface area contributed by atoms with Crippen molar-refractivity contribution in [2.75, 3.05) is 6.61 Å². The maximum Gasteiger partial charge on any atom is 0.0948 e. The summed E-state index contributed by atoms with van der Waals surface area (Å²) in [5, 5.41) is 3.45. The minimum Gasteiger partial charge on any atom is -0.378 e. The number of ether oxygens (including phenoxy) is 1. The Morgan fingerprint density at radius 2 is 2.39 bits per heavy atom. The van der Waals surface area contributed by atoms with Crippen molar-refractivity contribution in [2.24, 2.45) is 5.92 Å². The normalized spacial score (nSPS) is 24.0. The number of hydrogen-bond acceptors (Lipinski definition) is 3. The Morgan fingerprint density at radius 3 is 3.11 bits per heavy atom. The number of hydrogen-bond donors (Lipinski definition) is 1. The fourth-order valence-electron chi connectivity index (χ4n) is 2.57. The van der Waals surface area contributed by atoms with E-state index in [1.165, 1.54) is 12.1 Å². The molecule has 0 amide bonds. The van der Waals surface area contributed by atoms with E-state index in [4.69, 9.17) is 4.74 Å². The lowest BCUT2D eigenvalue weighted by molar-refractivity contribution is 0.0832. The van der Waals surface area contributed by atoms with Gasteiger partial charge in [-0.15, -0.1) is 0 Å². The fourth-order valence-corrected chi connectivity index (χ4v) is 2.57. The lowest BCUT2D eigenvalue weighted by Crippen LogP contribution is -2.25. The van der Waals surface area contributed by atoms with E-state index < -0.39 is 0 Å². The van der Waals surface area contributed by atoms with Crippen molar-refractivity contribution in [1.29, 1.82) is 0 Å². The zero-order valence-electron chi connectivity index (χ0n) is 11.7. The highest BCUT2D eigenvalue weighted by Crippen LogP contribution is 2.25. The first-order chi connectivity index (χ1) is 8.70. The highest BCUT2D eigenvalue weighted by molar-refractivity contribution is 4.99. The van der Waals surface area contributed by atoms with E-state index in [-0.39, 0.29) is 0 Å². The summed E-state index contributed by atoms with van der Waals surface area (Å²) in [6.45, 7) is 9.38. The second kappa shape index (κ2) is 6.34. The summed E-state index contributed by atoms with van der Waals surface area (Å²) in [6, 6.07) is 0.506. The molecule has 1 aromatic heterocycles. The van der Waals surface area contributed by atoms with Crippen molar-refractivity contribution in [3.63, 3.8) is 0 Å². The monoisotopic (exact) mass is 251 g/mol. The summed E-state index contributed by atoms with van der Waals surface area (Å²) in [6.07, 6.45) is 6.62. The van der Waals surface area contributed by atoms with Gasteiger partial charge in [-0.05, 0) is 12.8 Å². The van der Waals surface area contributed by atoms with E-state index in [0.717, 1.165) is 26.1 Å². The molecule has 0 spiro atoms. The van der Waals surface area contributed by atoms with Gasteiger partial charge in [-0.25, -0.2) is 4.98 Å². The van der Waals surface area contributed by atoms with Crippen LogP contribution in [0, 0.1) is 5.92 Å². The van der Waals surface area contributed by atoms with E-state index in [0.29, 0.717) is 18.1 Å². The summed E-state index contributed by atoms with van der Waals surface area (Å²) in [4.78, 5) is 4.28. The lowest BCUT2D eigenvalue weighted by atomic mass is 9.99. The van der Waals surface area contributed by atoms with Gasteiger partial charge in [-0.2, -0.15) is 0 Å². The van der Waals surface area contributed by atoms with Crippen LogP contribution in [0.15, 0.2) is 12.5 Å². The largest absolute Gasteiger partial charge is 0.378 e. The Kier molecular flexibility index (Phi) is 4.78. The van der Waals surface area contributed by atoms with Gasteiger partial charge in [-0.3, -0.25) is 0 Å². The number of rotatable bonds is 6. The first-order valence-electron chi connectivity index (χ1n) is 7.04. The van der Waals surface area contributed by atoms with Crippen molar-refractivity contribution in [1.82, 2.24) is 14.9 Å². The Balaban J connectivity index is 1.94. The minimum atomic E-state index is 0.429. The van der Waals surface area contributed by atoms with Gasteiger partial charge in [0.25, 0.3) is 0 Å². The Hall–Kier alpha value is -0.870.